The van der Waals surface area contributed by atoms with Crippen LogP contribution in [0.1, 0.15) is 45.6 Å². The molecule has 1 aliphatic heterocycles. The number of nitriles is 1. The Kier molecular flexibility index (Phi) is 4.60. The number of anilines is 1. The molecule has 108 valence electrons. The molecule has 1 atom stereocenters. The van der Waals surface area contributed by atoms with Crippen LogP contribution in [0, 0.1) is 22.7 Å². The van der Waals surface area contributed by atoms with Gasteiger partial charge in [-0.1, -0.05) is 32.4 Å². The van der Waals surface area contributed by atoms with Crippen molar-refractivity contribution < 1.29 is 0 Å². The van der Waals surface area contributed by atoms with Gasteiger partial charge in [0.2, 0.25) is 0 Å². The van der Waals surface area contributed by atoms with Gasteiger partial charge in [-0.15, -0.1) is 0 Å². The smallest absolute Gasteiger partial charge is 0.101 e. The second-order valence-corrected chi connectivity index (χ2v) is 7.19. The zero-order valence-corrected chi connectivity index (χ0v) is 13.4. The van der Waals surface area contributed by atoms with Crippen LogP contribution in [0.25, 0.3) is 0 Å². The fraction of sp³-hybridized carbons (Fsp3) is 0.588. The van der Waals surface area contributed by atoms with E-state index in [-0.39, 0.29) is 0 Å². The van der Waals surface area contributed by atoms with Gasteiger partial charge in [-0.05, 0) is 48.8 Å². The molecule has 0 spiro atoms. The molecular formula is C17H23ClN2. The van der Waals surface area contributed by atoms with E-state index in [0.29, 0.717) is 10.4 Å². The molecule has 1 saturated heterocycles. The summed E-state index contributed by atoms with van der Waals surface area (Å²) in [6, 6.07) is 7.82. The van der Waals surface area contributed by atoms with E-state index >= 15 is 0 Å². The van der Waals surface area contributed by atoms with E-state index in [1.807, 2.05) is 12.1 Å². The van der Waals surface area contributed by atoms with E-state index in [0.717, 1.165) is 30.3 Å². The lowest BCUT2D eigenvalue weighted by Gasteiger charge is -2.30. The van der Waals surface area contributed by atoms with E-state index in [9.17, 15) is 5.26 Å². The van der Waals surface area contributed by atoms with Crippen LogP contribution in [-0.2, 0) is 0 Å². The first-order valence-corrected chi connectivity index (χ1v) is 7.74. The highest BCUT2D eigenvalue weighted by Gasteiger charge is 2.27. The fourth-order valence-electron chi connectivity index (χ4n) is 3.06. The van der Waals surface area contributed by atoms with Gasteiger partial charge >= 0.3 is 0 Å². The lowest BCUT2D eigenvalue weighted by atomic mass is 9.77. The summed E-state index contributed by atoms with van der Waals surface area (Å²) >= 11 is 6.10. The zero-order valence-electron chi connectivity index (χ0n) is 12.6. The first kappa shape index (κ1) is 15.2. The van der Waals surface area contributed by atoms with E-state index in [2.05, 4.69) is 31.7 Å². The summed E-state index contributed by atoms with van der Waals surface area (Å²) in [5, 5.41) is 9.98. The molecule has 1 aromatic rings. The Labute approximate surface area is 127 Å². The number of rotatable bonds is 1. The maximum Gasteiger partial charge on any atom is 0.101 e. The first-order valence-electron chi connectivity index (χ1n) is 7.36. The van der Waals surface area contributed by atoms with Gasteiger partial charge in [0.15, 0.2) is 0 Å². The average Bonchev–Trinajstić information content (AvgIpc) is 2.63. The maximum absolute atomic E-state index is 9.27. The quantitative estimate of drug-likeness (QED) is 0.738. The summed E-state index contributed by atoms with van der Waals surface area (Å²) in [4.78, 5) is 2.33. The van der Waals surface area contributed by atoms with Gasteiger partial charge in [-0.3, -0.25) is 0 Å². The third-order valence-corrected chi connectivity index (χ3v) is 4.61. The number of hydrogen-bond acceptors (Lipinski definition) is 2. The van der Waals surface area contributed by atoms with Crippen molar-refractivity contribution >= 4 is 17.3 Å². The largest absolute Gasteiger partial charge is 0.370 e. The zero-order chi connectivity index (χ0) is 14.8. The molecule has 0 aromatic heterocycles. The second kappa shape index (κ2) is 6.06. The molecule has 0 aliphatic carbocycles. The van der Waals surface area contributed by atoms with Crippen LogP contribution < -0.4 is 4.90 Å². The standard InChI is InChI=1S/C17H23ClN2/c1-17(2,3)14-5-4-9-20(10-8-14)16-11-15(18)7-6-13(16)12-19/h6-7,11,14H,4-5,8-10H2,1-3H3. The Morgan fingerprint density at radius 3 is 2.65 bits per heavy atom. The molecule has 0 bridgehead atoms. The third-order valence-electron chi connectivity index (χ3n) is 4.37. The Bertz CT molecular complexity index is 511. The van der Waals surface area contributed by atoms with Crippen molar-refractivity contribution in [3.8, 4) is 6.07 Å². The molecule has 1 fully saturated rings. The van der Waals surface area contributed by atoms with Crippen LogP contribution in [0.3, 0.4) is 0 Å². The van der Waals surface area contributed by atoms with E-state index in [4.69, 9.17) is 11.6 Å². The van der Waals surface area contributed by atoms with Crippen molar-refractivity contribution in [3.05, 3.63) is 28.8 Å². The predicted molar refractivity (Wildman–Crippen MR) is 85.2 cm³/mol. The molecule has 1 aromatic carbocycles. The number of benzene rings is 1. The van der Waals surface area contributed by atoms with Crippen LogP contribution in [0.4, 0.5) is 5.69 Å². The minimum atomic E-state index is 0.363. The summed E-state index contributed by atoms with van der Waals surface area (Å²) in [6.45, 7) is 9.01. The molecule has 2 nitrogen and oxygen atoms in total. The number of halogens is 1. The van der Waals surface area contributed by atoms with Gasteiger partial charge in [0, 0.05) is 18.1 Å². The predicted octanol–water partition coefficient (Wildman–Crippen LogP) is 4.86. The van der Waals surface area contributed by atoms with Crippen molar-refractivity contribution in [2.45, 2.75) is 40.0 Å². The van der Waals surface area contributed by atoms with Crippen LogP contribution in [-0.4, -0.2) is 13.1 Å². The van der Waals surface area contributed by atoms with Gasteiger partial charge in [0.05, 0.1) is 11.3 Å². The SMILES string of the molecule is CC(C)(C)C1CCCN(c2cc(Cl)ccc2C#N)CC1. The topological polar surface area (TPSA) is 27.0 Å². The average molecular weight is 291 g/mol. The van der Waals surface area contributed by atoms with Crippen LogP contribution in [0.15, 0.2) is 18.2 Å². The normalized spacial score (nSPS) is 20.4. The molecule has 0 radical (unpaired) electrons. The van der Waals surface area contributed by atoms with Crippen molar-refractivity contribution in [1.82, 2.24) is 0 Å². The molecule has 1 aliphatic rings. The molecule has 0 saturated carbocycles. The lowest BCUT2D eigenvalue weighted by Crippen LogP contribution is -2.26. The molecule has 3 heteroatoms. The Hall–Kier alpha value is -1.20. The molecule has 0 amide bonds. The summed E-state index contributed by atoms with van der Waals surface area (Å²) < 4.78 is 0. The lowest BCUT2D eigenvalue weighted by molar-refractivity contribution is 0.220. The molecule has 2 rings (SSSR count). The maximum atomic E-state index is 9.27. The highest BCUT2D eigenvalue weighted by atomic mass is 35.5. The number of hydrogen-bond donors (Lipinski definition) is 0. The van der Waals surface area contributed by atoms with Crippen LogP contribution in [0.5, 0.6) is 0 Å². The molecular weight excluding hydrogens is 268 g/mol. The highest BCUT2D eigenvalue weighted by Crippen LogP contribution is 2.36. The van der Waals surface area contributed by atoms with Crippen LogP contribution >= 0.6 is 11.6 Å². The van der Waals surface area contributed by atoms with Crippen molar-refractivity contribution in [1.29, 1.82) is 5.26 Å². The van der Waals surface area contributed by atoms with E-state index < -0.39 is 0 Å². The van der Waals surface area contributed by atoms with Gasteiger partial charge < -0.3 is 4.90 Å². The van der Waals surface area contributed by atoms with Gasteiger partial charge in [0.1, 0.15) is 6.07 Å². The van der Waals surface area contributed by atoms with Gasteiger partial charge in [-0.2, -0.15) is 5.26 Å². The monoisotopic (exact) mass is 290 g/mol. The highest BCUT2D eigenvalue weighted by molar-refractivity contribution is 6.30. The molecule has 1 unspecified atom stereocenters. The van der Waals surface area contributed by atoms with Gasteiger partial charge in [-0.25, -0.2) is 0 Å². The van der Waals surface area contributed by atoms with Crippen molar-refractivity contribution in [2.75, 3.05) is 18.0 Å². The molecule has 20 heavy (non-hydrogen) atoms. The summed E-state index contributed by atoms with van der Waals surface area (Å²) in [5.74, 6) is 0.747. The van der Waals surface area contributed by atoms with Crippen LogP contribution in [0.2, 0.25) is 5.02 Å². The molecule has 0 N–H and O–H groups in total. The molecule has 1 heterocycles. The first-order chi connectivity index (χ1) is 9.41. The minimum Gasteiger partial charge on any atom is -0.370 e. The van der Waals surface area contributed by atoms with E-state index in [1.165, 1.54) is 19.3 Å². The summed E-state index contributed by atoms with van der Waals surface area (Å²) in [5.41, 5.74) is 2.08. The fourth-order valence-corrected chi connectivity index (χ4v) is 3.23. The Balaban J connectivity index is 2.19. The van der Waals surface area contributed by atoms with Gasteiger partial charge in [0.25, 0.3) is 0 Å². The summed E-state index contributed by atoms with van der Waals surface area (Å²) in [7, 11) is 0. The number of nitrogens with zero attached hydrogens (tertiary/aromatic N) is 2. The second-order valence-electron chi connectivity index (χ2n) is 6.75. The van der Waals surface area contributed by atoms with Crippen molar-refractivity contribution in [2.24, 2.45) is 11.3 Å². The Morgan fingerprint density at radius 2 is 2.00 bits per heavy atom. The van der Waals surface area contributed by atoms with E-state index in [1.54, 1.807) is 6.07 Å². The summed E-state index contributed by atoms with van der Waals surface area (Å²) in [6.07, 6.45) is 3.63. The minimum absolute atomic E-state index is 0.363. The van der Waals surface area contributed by atoms with Crippen molar-refractivity contribution in [3.63, 3.8) is 0 Å². The Morgan fingerprint density at radius 1 is 1.25 bits per heavy atom. The third kappa shape index (κ3) is 3.46.